The van der Waals surface area contributed by atoms with Crippen LogP contribution in [0.4, 0.5) is 8.78 Å². The van der Waals surface area contributed by atoms with Crippen LogP contribution in [0, 0.1) is 11.8 Å². The number of rotatable bonds is 4. The third-order valence-electron chi connectivity index (χ3n) is 3.51. The van der Waals surface area contributed by atoms with Gasteiger partial charge in [0.1, 0.15) is 12.1 Å². The summed E-state index contributed by atoms with van der Waals surface area (Å²) < 4.78 is 25.1. The first-order chi connectivity index (χ1) is 8.41. The van der Waals surface area contributed by atoms with E-state index >= 15 is 0 Å². The second kappa shape index (κ2) is 4.82. The fraction of sp³-hybridized carbons (Fsp3) is 0.833. The predicted octanol–water partition coefficient (Wildman–Crippen LogP) is 1.01. The molecule has 1 aliphatic heterocycles. The molecule has 2 fully saturated rings. The van der Waals surface area contributed by atoms with Gasteiger partial charge in [-0.1, -0.05) is 13.8 Å². The van der Waals surface area contributed by atoms with Crippen molar-refractivity contribution < 1.29 is 18.4 Å². The Balaban J connectivity index is 2.20. The maximum absolute atomic E-state index is 12.6. The Morgan fingerprint density at radius 1 is 1.33 bits per heavy atom. The second-order valence-corrected chi connectivity index (χ2v) is 5.39. The molecule has 2 unspecified atom stereocenters. The number of piperazine rings is 1. The zero-order chi connectivity index (χ0) is 13.4. The molecule has 2 rings (SSSR count). The Morgan fingerprint density at radius 2 is 1.94 bits per heavy atom. The number of carbonyl (C=O) groups excluding carboxylic acids is 2. The van der Waals surface area contributed by atoms with E-state index in [0.717, 1.165) is 17.7 Å². The number of alkyl halides is 2. The molecule has 1 aliphatic carbocycles. The minimum Gasteiger partial charge on any atom is -0.342 e. The molecule has 0 aromatic rings. The predicted molar refractivity (Wildman–Crippen MR) is 61.0 cm³/mol. The van der Waals surface area contributed by atoms with Gasteiger partial charge in [-0.05, 0) is 24.7 Å². The lowest BCUT2D eigenvalue weighted by Gasteiger charge is -2.40. The summed E-state index contributed by atoms with van der Waals surface area (Å²) in [4.78, 5) is 25.2. The van der Waals surface area contributed by atoms with Crippen LogP contribution in [0.3, 0.4) is 0 Å². The topological polar surface area (TPSA) is 49.4 Å². The van der Waals surface area contributed by atoms with Gasteiger partial charge in [-0.3, -0.25) is 9.59 Å². The zero-order valence-electron chi connectivity index (χ0n) is 10.5. The molecule has 18 heavy (non-hydrogen) atoms. The molecule has 2 aliphatic rings. The lowest BCUT2D eigenvalue weighted by Crippen LogP contribution is -2.66. The van der Waals surface area contributed by atoms with Crippen LogP contribution in [0.15, 0.2) is 0 Å². The average Bonchev–Trinajstić information content (AvgIpc) is 3.05. The fourth-order valence-corrected chi connectivity index (χ4v) is 2.52. The van der Waals surface area contributed by atoms with E-state index in [-0.39, 0.29) is 23.7 Å². The van der Waals surface area contributed by atoms with Gasteiger partial charge in [0.2, 0.25) is 11.8 Å². The highest BCUT2D eigenvalue weighted by Crippen LogP contribution is 2.35. The highest BCUT2D eigenvalue weighted by Gasteiger charge is 2.48. The maximum Gasteiger partial charge on any atom is 0.255 e. The second-order valence-electron chi connectivity index (χ2n) is 5.39. The van der Waals surface area contributed by atoms with Gasteiger partial charge in [0.15, 0.2) is 0 Å². The maximum atomic E-state index is 12.6. The van der Waals surface area contributed by atoms with Crippen molar-refractivity contribution >= 4 is 11.8 Å². The van der Waals surface area contributed by atoms with Crippen LogP contribution < -0.4 is 5.32 Å². The molecule has 102 valence electrons. The molecular formula is C12H18F2N2O2. The lowest BCUT2D eigenvalue weighted by molar-refractivity contribution is -0.154. The van der Waals surface area contributed by atoms with E-state index in [4.69, 9.17) is 0 Å². The molecule has 0 radical (unpaired) electrons. The SMILES string of the molecule is CC(C)C1C(=O)NC(C2CC2)C(=O)N1CC(F)F. The van der Waals surface area contributed by atoms with Gasteiger partial charge in [-0.15, -0.1) is 0 Å². The largest absolute Gasteiger partial charge is 0.342 e. The monoisotopic (exact) mass is 260 g/mol. The molecule has 0 aromatic heterocycles. The molecule has 6 heteroatoms. The quantitative estimate of drug-likeness (QED) is 0.820. The summed E-state index contributed by atoms with van der Waals surface area (Å²) in [6.45, 7) is 2.86. The molecule has 4 nitrogen and oxygen atoms in total. The number of hydrogen-bond acceptors (Lipinski definition) is 2. The molecule has 2 atom stereocenters. The molecule has 1 saturated heterocycles. The number of hydrogen-bond donors (Lipinski definition) is 1. The smallest absolute Gasteiger partial charge is 0.255 e. The minimum atomic E-state index is -2.61. The Hall–Kier alpha value is -1.20. The molecule has 1 heterocycles. The van der Waals surface area contributed by atoms with Gasteiger partial charge in [0.25, 0.3) is 6.43 Å². The van der Waals surface area contributed by atoms with Gasteiger partial charge in [-0.2, -0.15) is 0 Å². The Bertz CT molecular complexity index is 356. The number of amides is 2. The summed E-state index contributed by atoms with van der Waals surface area (Å²) in [6.07, 6.45) is -0.849. The van der Waals surface area contributed by atoms with Crippen molar-refractivity contribution in [2.45, 2.75) is 45.2 Å². The van der Waals surface area contributed by atoms with Crippen molar-refractivity contribution in [1.29, 1.82) is 0 Å². The van der Waals surface area contributed by atoms with Crippen molar-refractivity contribution in [2.75, 3.05) is 6.54 Å². The van der Waals surface area contributed by atoms with Crippen molar-refractivity contribution in [3.8, 4) is 0 Å². The van der Waals surface area contributed by atoms with Gasteiger partial charge in [0.05, 0.1) is 6.54 Å². The summed E-state index contributed by atoms with van der Waals surface area (Å²) in [6, 6.07) is -1.37. The van der Waals surface area contributed by atoms with Gasteiger partial charge in [-0.25, -0.2) is 8.78 Å². The molecular weight excluding hydrogens is 242 g/mol. The first kappa shape index (κ1) is 13.2. The van der Waals surface area contributed by atoms with Crippen LogP contribution in [0.25, 0.3) is 0 Å². The van der Waals surface area contributed by atoms with E-state index in [2.05, 4.69) is 5.32 Å². The summed E-state index contributed by atoms with van der Waals surface area (Å²) in [5.74, 6) is -0.694. The van der Waals surface area contributed by atoms with Crippen LogP contribution in [0.2, 0.25) is 0 Å². The van der Waals surface area contributed by atoms with Crippen LogP contribution >= 0.6 is 0 Å². The number of nitrogens with one attached hydrogen (secondary N) is 1. The van der Waals surface area contributed by atoms with E-state index in [1.54, 1.807) is 13.8 Å². The van der Waals surface area contributed by atoms with Crippen LogP contribution in [0.1, 0.15) is 26.7 Å². The van der Waals surface area contributed by atoms with E-state index < -0.39 is 25.1 Å². The molecule has 2 amide bonds. The highest BCUT2D eigenvalue weighted by molar-refractivity contribution is 5.97. The molecule has 0 aromatic carbocycles. The van der Waals surface area contributed by atoms with E-state index in [1.807, 2.05) is 0 Å². The summed E-state index contributed by atoms with van der Waals surface area (Å²) in [7, 11) is 0. The van der Waals surface area contributed by atoms with Crippen LogP contribution in [-0.4, -0.2) is 41.8 Å². The molecule has 1 N–H and O–H groups in total. The standard InChI is InChI=1S/C12H18F2N2O2/c1-6(2)10-11(17)15-9(7-3-4-7)12(18)16(10)5-8(13)14/h6-10H,3-5H2,1-2H3,(H,15,17). The van der Waals surface area contributed by atoms with Crippen molar-refractivity contribution in [1.82, 2.24) is 10.2 Å². The van der Waals surface area contributed by atoms with E-state index in [9.17, 15) is 18.4 Å². The minimum absolute atomic E-state index is 0.134. The average molecular weight is 260 g/mol. The first-order valence-electron chi connectivity index (χ1n) is 6.30. The third kappa shape index (κ3) is 2.47. The zero-order valence-corrected chi connectivity index (χ0v) is 10.5. The van der Waals surface area contributed by atoms with E-state index in [0.29, 0.717) is 0 Å². The van der Waals surface area contributed by atoms with Crippen molar-refractivity contribution in [2.24, 2.45) is 11.8 Å². The fourth-order valence-electron chi connectivity index (χ4n) is 2.52. The summed E-state index contributed by atoms with van der Waals surface area (Å²) in [5.41, 5.74) is 0. The first-order valence-corrected chi connectivity index (χ1v) is 6.30. The van der Waals surface area contributed by atoms with E-state index in [1.165, 1.54) is 0 Å². The van der Waals surface area contributed by atoms with Crippen LogP contribution in [-0.2, 0) is 9.59 Å². The Labute approximate surface area is 105 Å². The van der Waals surface area contributed by atoms with Gasteiger partial charge >= 0.3 is 0 Å². The summed E-state index contributed by atoms with van der Waals surface area (Å²) >= 11 is 0. The van der Waals surface area contributed by atoms with Crippen molar-refractivity contribution in [3.05, 3.63) is 0 Å². The molecule has 0 spiro atoms. The number of carbonyl (C=O) groups is 2. The Morgan fingerprint density at radius 3 is 2.39 bits per heavy atom. The normalized spacial score (nSPS) is 29.1. The number of nitrogens with zero attached hydrogens (tertiary/aromatic N) is 1. The Kier molecular flexibility index (Phi) is 3.54. The number of halogens is 2. The van der Waals surface area contributed by atoms with Crippen LogP contribution in [0.5, 0.6) is 0 Å². The van der Waals surface area contributed by atoms with Gasteiger partial charge < -0.3 is 10.2 Å². The molecule has 1 saturated carbocycles. The molecule has 0 bridgehead atoms. The highest BCUT2D eigenvalue weighted by atomic mass is 19.3. The van der Waals surface area contributed by atoms with Gasteiger partial charge in [0, 0.05) is 0 Å². The van der Waals surface area contributed by atoms with Crippen molar-refractivity contribution in [3.63, 3.8) is 0 Å². The lowest BCUT2D eigenvalue weighted by atomic mass is 9.95. The third-order valence-corrected chi connectivity index (χ3v) is 3.51. The summed E-state index contributed by atoms with van der Waals surface area (Å²) in [5, 5.41) is 2.69.